The standard InChI is InChI=1S/C37H36NO.C16H30N2.Ir/c1-35(2,3)30-19-24(18-22-10-8-9-11-25(22)30)33-27-21-28-26-12-13-29-32(37(6,7)16-15-36(29,4)5)34(26)39-31(28)20-23(27)14-17-38-33;1-13(2)16(17-14-9-5-3-6-10-14)18-15-11-7-4-8-12-15;/h8-14,17,19-21H,15-16H2,1-7H3;13-16H,3-12H2,1-2H3;/q-1;-2;+3. The molecule has 4 aromatic carbocycles. The van der Waals surface area contributed by atoms with E-state index in [1.807, 2.05) is 6.20 Å². The van der Waals surface area contributed by atoms with Gasteiger partial charge in [-0.3, -0.25) is 4.98 Å². The quantitative estimate of drug-likeness (QED) is 0.156. The molecule has 308 valence electrons. The van der Waals surface area contributed by atoms with Crippen LogP contribution in [0.25, 0.3) is 65.4 Å². The Bertz CT molecular complexity index is 2350. The summed E-state index contributed by atoms with van der Waals surface area (Å²) >= 11 is 0. The molecular weight excluding hydrogens is 887 g/mol. The monoisotopic (exact) mass is 953 g/mol. The van der Waals surface area contributed by atoms with Gasteiger partial charge in [-0.05, 0) is 63.6 Å². The van der Waals surface area contributed by atoms with Crippen LogP contribution in [0.1, 0.15) is 156 Å². The van der Waals surface area contributed by atoms with Gasteiger partial charge in [-0.1, -0.05) is 174 Å². The van der Waals surface area contributed by atoms with Crippen LogP contribution in [0.15, 0.2) is 71.3 Å². The Morgan fingerprint density at radius 3 is 2.00 bits per heavy atom. The van der Waals surface area contributed by atoms with Gasteiger partial charge < -0.3 is 15.1 Å². The molecule has 0 atom stereocenters. The summed E-state index contributed by atoms with van der Waals surface area (Å²) in [5.41, 5.74) is 8.36. The summed E-state index contributed by atoms with van der Waals surface area (Å²) in [5.74, 6) is 0.578. The second-order valence-corrected chi connectivity index (χ2v) is 20.4. The van der Waals surface area contributed by atoms with Crippen LogP contribution < -0.4 is 0 Å². The van der Waals surface area contributed by atoms with Gasteiger partial charge in [0.1, 0.15) is 11.2 Å². The summed E-state index contributed by atoms with van der Waals surface area (Å²) in [6.07, 6.45) is 18.1. The SMILES string of the molecule is CC(C)(C)c1cc(-c2nccc3cc4oc5c6c(ccc5c4cc23)C(C)(C)CCC6(C)C)[c-]c2ccccc12.CC(C)C([N-]C1CCCCC1)[N-]C1CCCCC1.[Ir+3]. The van der Waals surface area contributed by atoms with Gasteiger partial charge in [-0.15, -0.1) is 41.2 Å². The maximum Gasteiger partial charge on any atom is 3.00 e. The predicted octanol–water partition coefficient (Wildman–Crippen LogP) is 15.8. The number of furan rings is 1. The number of hydrogen-bond donors (Lipinski definition) is 0. The second-order valence-electron chi connectivity index (χ2n) is 20.4. The number of hydrogen-bond acceptors (Lipinski definition) is 2. The van der Waals surface area contributed by atoms with Gasteiger partial charge in [-0.25, -0.2) is 6.17 Å². The normalized spacial score (nSPS) is 18.7. The van der Waals surface area contributed by atoms with Crippen molar-refractivity contribution >= 4 is 43.5 Å². The predicted molar refractivity (Wildman–Crippen MR) is 244 cm³/mol. The van der Waals surface area contributed by atoms with Crippen LogP contribution >= 0.6 is 0 Å². The van der Waals surface area contributed by atoms with Gasteiger partial charge in [-0.2, -0.15) is 0 Å². The van der Waals surface area contributed by atoms with Crippen LogP contribution in [-0.4, -0.2) is 23.2 Å². The summed E-state index contributed by atoms with van der Waals surface area (Å²) in [7, 11) is 0. The number of pyridine rings is 1. The molecule has 5 heteroatoms. The largest absolute Gasteiger partial charge is 3.00 e. The molecule has 0 saturated heterocycles. The van der Waals surface area contributed by atoms with E-state index in [-0.39, 0.29) is 42.5 Å². The van der Waals surface area contributed by atoms with E-state index < -0.39 is 0 Å². The second kappa shape index (κ2) is 17.1. The zero-order valence-electron chi connectivity index (χ0n) is 36.7. The zero-order chi connectivity index (χ0) is 40.1. The smallest absolute Gasteiger partial charge is 0.675 e. The van der Waals surface area contributed by atoms with Crippen molar-refractivity contribution in [3.05, 3.63) is 100 Å². The number of rotatable bonds is 6. The van der Waals surface area contributed by atoms with Crippen LogP contribution in [0.4, 0.5) is 0 Å². The molecule has 2 saturated carbocycles. The van der Waals surface area contributed by atoms with Crippen molar-refractivity contribution in [2.24, 2.45) is 5.92 Å². The first-order valence-corrected chi connectivity index (χ1v) is 22.3. The molecule has 0 bridgehead atoms. The molecule has 2 heterocycles. The Kier molecular flexibility index (Phi) is 12.7. The van der Waals surface area contributed by atoms with Gasteiger partial charge in [0.25, 0.3) is 0 Å². The van der Waals surface area contributed by atoms with E-state index in [1.54, 1.807) is 0 Å². The van der Waals surface area contributed by atoms with Crippen LogP contribution in [0.3, 0.4) is 0 Å². The Balaban J connectivity index is 0.000000227. The average molecular weight is 953 g/mol. The van der Waals surface area contributed by atoms with Gasteiger partial charge in [0.15, 0.2) is 0 Å². The molecule has 3 aliphatic rings. The summed E-state index contributed by atoms with van der Waals surface area (Å²) in [6, 6.07) is 27.0. The first-order valence-electron chi connectivity index (χ1n) is 22.3. The minimum Gasteiger partial charge on any atom is -0.675 e. The molecular formula is C53H66IrN3O. The Morgan fingerprint density at radius 1 is 0.724 bits per heavy atom. The summed E-state index contributed by atoms with van der Waals surface area (Å²) in [6.45, 7) is 20.9. The van der Waals surface area contributed by atoms with Crippen molar-refractivity contribution < 1.29 is 24.5 Å². The van der Waals surface area contributed by atoms with E-state index in [1.165, 1.54) is 98.1 Å². The minimum atomic E-state index is 0. The number of benzene rings is 4. The summed E-state index contributed by atoms with van der Waals surface area (Å²) in [5, 5.41) is 17.1. The molecule has 0 spiro atoms. The zero-order valence-corrected chi connectivity index (χ0v) is 39.1. The van der Waals surface area contributed by atoms with Crippen molar-refractivity contribution in [3.63, 3.8) is 0 Å². The number of nitrogens with zero attached hydrogens (tertiary/aromatic N) is 3. The van der Waals surface area contributed by atoms with Gasteiger partial charge in [0.2, 0.25) is 0 Å². The molecule has 2 fully saturated rings. The molecule has 0 N–H and O–H groups in total. The van der Waals surface area contributed by atoms with E-state index in [9.17, 15) is 0 Å². The van der Waals surface area contributed by atoms with Gasteiger partial charge in [0, 0.05) is 28.2 Å². The van der Waals surface area contributed by atoms with Crippen molar-refractivity contribution in [1.82, 2.24) is 4.98 Å². The maximum atomic E-state index is 6.73. The Hall–Kier alpha value is -3.08. The first kappa shape index (κ1) is 43.0. The molecule has 58 heavy (non-hydrogen) atoms. The number of aromatic nitrogens is 1. The van der Waals surface area contributed by atoms with Crippen molar-refractivity contribution in [2.75, 3.05) is 0 Å². The fourth-order valence-electron chi connectivity index (χ4n) is 10.1. The Labute approximate surface area is 362 Å². The molecule has 4 nitrogen and oxygen atoms in total. The van der Waals surface area contributed by atoms with E-state index in [0.29, 0.717) is 18.0 Å². The van der Waals surface area contributed by atoms with Crippen molar-refractivity contribution in [2.45, 2.75) is 174 Å². The molecule has 2 aromatic heterocycles. The molecule has 9 rings (SSSR count). The van der Waals surface area contributed by atoms with Crippen LogP contribution in [0.2, 0.25) is 0 Å². The Morgan fingerprint density at radius 2 is 1.36 bits per heavy atom. The molecule has 0 aliphatic heterocycles. The number of fused-ring (bicyclic) bond motifs is 7. The third-order valence-electron chi connectivity index (χ3n) is 13.6. The molecule has 3 aliphatic carbocycles. The summed E-state index contributed by atoms with van der Waals surface area (Å²) in [4.78, 5) is 4.93. The van der Waals surface area contributed by atoms with Crippen LogP contribution in [-0.2, 0) is 36.4 Å². The molecule has 0 unspecified atom stereocenters. The minimum absolute atomic E-state index is 0. The van der Waals surface area contributed by atoms with Crippen molar-refractivity contribution in [3.8, 4) is 11.3 Å². The summed E-state index contributed by atoms with van der Waals surface area (Å²) < 4.78 is 6.73. The molecule has 6 aromatic rings. The van der Waals surface area contributed by atoms with Crippen LogP contribution in [0.5, 0.6) is 0 Å². The fraction of sp³-hybridized carbons (Fsp3) is 0.528. The van der Waals surface area contributed by atoms with Crippen LogP contribution in [0, 0.1) is 12.0 Å². The van der Waals surface area contributed by atoms with E-state index in [0.717, 1.165) is 50.4 Å². The molecule has 0 amide bonds. The van der Waals surface area contributed by atoms with E-state index in [4.69, 9.17) is 20.0 Å². The molecule has 0 radical (unpaired) electrons. The van der Waals surface area contributed by atoms with Gasteiger partial charge >= 0.3 is 20.1 Å². The third kappa shape index (κ3) is 8.72. The fourth-order valence-corrected chi connectivity index (χ4v) is 10.1. The van der Waals surface area contributed by atoms with E-state index in [2.05, 4.69) is 129 Å². The van der Waals surface area contributed by atoms with Gasteiger partial charge in [0.05, 0.1) is 0 Å². The maximum absolute atomic E-state index is 6.73. The van der Waals surface area contributed by atoms with Crippen molar-refractivity contribution in [1.29, 1.82) is 0 Å². The van der Waals surface area contributed by atoms with E-state index >= 15 is 0 Å². The average Bonchev–Trinajstić information content (AvgIpc) is 3.55. The topological polar surface area (TPSA) is 54.2 Å². The third-order valence-corrected chi connectivity index (χ3v) is 13.6. The first-order chi connectivity index (χ1) is 27.2.